The van der Waals surface area contributed by atoms with Crippen molar-refractivity contribution in [3.8, 4) is 0 Å². The number of carbonyl (C=O) groups is 1. The fourth-order valence-electron chi connectivity index (χ4n) is 2.31. The fourth-order valence-corrected chi connectivity index (χ4v) is 3.27. The van der Waals surface area contributed by atoms with Gasteiger partial charge >= 0.3 is 5.97 Å². The summed E-state index contributed by atoms with van der Waals surface area (Å²) in [6.07, 6.45) is 0. The maximum absolute atomic E-state index is 12.0. The number of aryl methyl sites for hydroxylation is 1. The summed E-state index contributed by atoms with van der Waals surface area (Å²) in [6, 6.07) is 1.81. The van der Waals surface area contributed by atoms with Crippen molar-refractivity contribution >= 4 is 23.3 Å². The minimum absolute atomic E-state index is 0.121. The van der Waals surface area contributed by atoms with Crippen LogP contribution in [0.5, 0.6) is 0 Å². The topological polar surface area (TPSA) is 102 Å². The lowest BCUT2D eigenvalue weighted by Crippen LogP contribution is -2.38. The van der Waals surface area contributed by atoms with E-state index in [1.54, 1.807) is 14.0 Å². The highest BCUT2D eigenvalue weighted by atomic mass is 32.1. The molecule has 0 saturated carbocycles. The fraction of sp³-hybridized carbons (Fsp3) is 0.556. The quantitative estimate of drug-likeness (QED) is 0.423. The van der Waals surface area contributed by atoms with Crippen LogP contribution in [0.1, 0.15) is 71.5 Å². The van der Waals surface area contributed by atoms with Gasteiger partial charge in [0.05, 0.1) is 30.6 Å². The van der Waals surface area contributed by atoms with Gasteiger partial charge in [-0.2, -0.15) is 0 Å². The summed E-state index contributed by atoms with van der Waals surface area (Å²) in [4.78, 5) is 21.2. The van der Waals surface area contributed by atoms with Crippen molar-refractivity contribution in [3.63, 3.8) is 0 Å². The van der Waals surface area contributed by atoms with E-state index in [4.69, 9.17) is 9.26 Å². The Balaban J connectivity index is 1.97. The Bertz CT molecular complexity index is 797. The van der Waals surface area contributed by atoms with Gasteiger partial charge in [-0.3, -0.25) is 4.99 Å². The highest BCUT2D eigenvalue weighted by Crippen LogP contribution is 2.24. The molecular formula is C18H27N5O3S. The molecule has 0 saturated heterocycles. The molecule has 0 aliphatic carbocycles. The predicted octanol–water partition coefficient (Wildman–Crippen LogP) is 3.17. The van der Waals surface area contributed by atoms with Crippen LogP contribution in [0.15, 0.2) is 15.6 Å². The number of thiazole rings is 1. The number of rotatable bonds is 7. The van der Waals surface area contributed by atoms with Crippen molar-refractivity contribution in [2.45, 2.75) is 53.1 Å². The first-order valence-corrected chi connectivity index (χ1v) is 9.74. The number of hydrogen-bond acceptors (Lipinski definition) is 7. The predicted molar refractivity (Wildman–Crippen MR) is 105 cm³/mol. The van der Waals surface area contributed by atoms with Gasteiger partial charge in [0.1, 0.15) is 9.88 Å². The Kier molecular flexibility index (Phi) is 7.35. The minimum Gasteiger partial charge on any atom is -0.462 e. The molecule has 8 nitrogen and oxygen atoms in total. The molecule has 2 N–H and O–H groups in total. The highest BCUT2D eigenvalue weighted by Gasteiger charge is 2.20. The second kappa shape index (κ2) is 9.50. The maximum atomic E-state index is 12.0. The van der Waals surface area contributed by atoms with Gasteiger partial charge < -0.3 is 19.9 Å². The lowest BCUT2D eigenvalue weighted by atomic mass is 10.1. The second-order valence-corrected chi connectivity index (χ2v) is 7.38. The maximum Gasteiger partial charge on any atom is 0.350 e. The molecule has 27 heavy (non-hydrogen) atoms. The zero-order valence-corrected chi connectivity index (χ0v) is 17.4. The largest absolute Gasteiger partial charge is 0.462 e. The summed E-state index contributed by atoms with van der Waals surface area (Å²) >= 11 is 1.33. The van der Waals surface area contributed by atoms with Crippen LogP contribution in [0.25, 0.3) is 0 Å². The van der Waals surface area contributed by atoms with Crippen molar-refractivity contribution in [2.75, 3.05) is 13.7 Å². The van der Waals surface area contributed by atoms with Gasteiger partial charge in [-0.15, -0.1) is 11.3 Å². The molecule has 2 rings (SSSR count). The molecule has 2 aromatic heterocycles. The average molecular weight is 394 g/mol. The lowest BCUT2D eigenvalue weighted by Gasteiger charge is -2.15. The van der Waals surface area contributed by atoms with Crippen LogP contribution in [0.3, 0.4) is 0 Å². The van der Waals surface area contributed by atoms with E-state index in [2.05, 4.69) is 39.6 Å². The van der Waals surface area contributed by atoms with E-state index in [0.29, 0.717) is 35.6 Å². The third kappa shape index (κ3) is 5.53. The highest BCUT2D eigenvalue weighted by molar-refractivity contribution is 7.13. The summed E-state index contributed by atoms with van der Waals surface area (Å²) in [5.41, 5.74) is 1.60. The summed E-state index contributed by atoms with van der Waals surface area (Å²) in [5.74, 6) is 1.33. The molecule has 0 aromatic carbocycles. The Morgan fingerprint density at radius 1 is 1.41 bits per heavy atom. The third-order valence-electron chi connectivity index (χ3n) is 3.82. The van der Waals surface area contributed by atoms with Gasteiger partial charge in [0, 0.05) is 13.1 Å². The zero-order chi connectivity index (χ0) is 20.0. The Hall–Kier alpha value is -2.42. The van der Waals surface area contributed by atoms with Crippen LogP contribution in [-0.2, 0) is 11.3 Å². The molecular weight excluding hydrogens is 366 g/mol. The lowest BCUT2D eigenvalue weighted by molar-refractivity contribution is 0.0531. The number of nitrogens with one attached hydrogen (secondary N) is 2. The van der Waals surface area contributed by atoms with Gasteiger partial charge in [0.2, 0.25) is 0 Å². The summed E-state index contributed by atoms with van der Waals surface area (Å²) in [5, 5.41) is 11.3. The molecule has 2 heterocycles. The summed E-state index contributed by atoms with van der Waals surface area (Å²) < 4.78 is 10.4. The molecule has 2 aromatic rings. The summed E-state index contributed by atoms with van der Waals surface area (Å²) in [7, 11) is 1.69. The van der Waals surface area contributed by atoms with Crippen LogP contribution < -0.4 is 10.6 Å². The first-order chi connectivity index (χ1) is 12.8. The van der Waals surface area contributed by atoms with Crippen LogP contribution in [0.2, 0.25) is 0 Å². The Morgan fingerprint density at radius 2 is 2.15 bits per heavy atom. The number of nitrogens with zero attached hydrogens (tertiary/aromatic N) is 3. The van der Waals surface area contributed by atoms with Crippen LogP contribution in [-0.4, -0.2) is 35.7 Å². The van der Waals surface area contributed by atoms with Crippen molar-refractivity contribution in [1.29, 1.82) is 0 Å². The van der Waals surface area contributed by atoms with E-state index in [-0.39, 0.29) is 12.0 Å². The van der Waals surface area contributed by atoms with Gasteiger partial charge in [-0.1, -0.05) is 19.0 Å². The second-order valence-electron chi connectivity index (χ2n) is 6.35. The molecule has 0 aliphatic heterocycles. The Labute approximate surface area is 163 Å². The summed E-state index contributed by atoms with van der Waals surface area (Å²) in [6.45, 7) is 10.5. The van der Waals surface area contributed by atoms with Gasteiger partial charge in [0.15, 0.2) is 11.7 Å². The monoisotopic (exact) mass is 393 g/mol. The van der Waals surface area contributed by atoms with Crippen LogP contribution >= 0.6 is 11.3 Å². The van der Waals surface area contributed by atoms with E-state index < -0.39 is 0 Å². The molecule has 148 valence electrons. The number of esters is 1. The number of carbonyl (C=O) groups excluding carboxylic acids is 1. The van der Waals surface area contributed by atoms with Gasteiger partial charge in [0.25, 0.3) is 0 Å². The molecule has 1 atom stereocenters. The SMILES string of the molecule is CCOC(=O)c1sc(C(C)NC(=NC)NCc2cc(C(C)C)no2)nc1C. The smallest absolute Gasteiger partial charge is 0.350 e. The van der Waals surface area contributed by atoms with E-state index in [1.807, 2.05) is 19.9 Å². The van der Waals surface area contributed by atoms with E-state index in [9.17, 15) is 4.79 Å². The first kappa shape index (κ1) is 20.9. The van der Waals surface area contributed by atoms with E-state index in [1.165, 1.54) is 11.3 Å². The number of hydrogen-bond donors (Lipinski definition) is 2. The first-order valence-electron chi connectivity index (χ1n) is 8.92. The third-order valence-corrected chi connectivity index (χ3v) is 5.14. The van der Waals surface area contributed by atoms with Crippen molar-refractivity contribution < 1.29 is 14.1 Å². The number of aliphatic imine (C=N–C) groups is 1. The Morgan fingerprint density at radius 3 is 2.74 bits per heavy atom. The molecule has 0 spiro atoms. The molecule has 0 bridgehead atoms. The zero-order valence-electron chi connectivity index (χ0n) is 16.6. The standard InChI is InChI=1S/C18H27N5O3S/c1-7-25-17(24)15-11(4)21-16(27-15)12(5)22-18(19-6)20-9-13-8-14(10(2)3)23-26-13/h8,10,12H,7,9H2,1-6H3,(H2,19,20,22). The number of guanidine groups is 1. The average Bonchev–Trinajstić information content (AvgIpc) is 3.25. The van der Waals surface area contributed by atoms with Gasteiger partial charge in [-0.05, 0) is 26.7 Å². The molecule has 0 aliphatic rings. The molecule has 0 fully saturated rings. The molecule has 1 unspecified atom stereocenters. The van der Waals surface area contributed by atoms with E-state index >= 15 is 0 Å². The molecule has 0 amide bonds. The van der Waals surface area contributed by atoms with Crippen molar-refractivity contribution in [3.05, 3.63) is 33.1 Å². The van der Waals surface area contributed by atoms with Crippen LogP contribution in [0, 0.1) is 6.92 Å². The number of aromatic nitrogens is 2. The number of ether oxygens (including phenoxy) is 1. The minimum atomic E-state index is -0.334. The van der Waals surface area contributed by atoms with Crippen LogP contribution in [0.4, 0.5) is 0 Å². The van der Waals surface area contributed by atoms with Crippen molar-refractivity contribution in [1.82, 2.24) is 20.8 Å². The molecule has 9 heteroatoms. The van der Waals surface area contributed by atoms with Gasteiger partial charge in [-0.25, -0.2) is 9.78 Å². The van der Waals surface area contributed by atoms with E-state index in [0.717, 1.165) is 16.5 Å². The normalized spacial score (nSPS) is 12.9. The molecule has 0 radical (unpaired) electrons. The van der Waals surface area contributed by atoms with Crippen molar-refractivity contribution in [2.24, 2.45) is 4.99 Å².